The molecule has 31 heavy (non-hydrogen) atoms. The van der Waals surface area contributed by atoms with Crippen LogP contribution in [0.25, 0.3) is 11.4 Å². The summed E-state index contributed by atoms with van der Waals surface area (Å²) in [5.41, 5.74) is 2.08. The molecule has 1 N–H and O–H groups in total. The van der Waals surface area contributed by atoms with Crippen LogP contribution in [0, 0.1) is 12.8 Å². The highest BCUT2D eigenvalue weighted by atomic mass is 79.9. The molecule has 158 valence electrons. The number of piperidine rings is 2. The molecule has 1 aliphatic carbocycles. The Morgan fingerprint density at radius 1 is 1.13 bits per heavy atom. The van der Waals surface area contributed by atoms with Crippen molar-refractivity contribution in [3.63, 3.8) is 0 Å². The number of hydrogen-bond donors (Lipinski definition) is 1. The van der Waals surface area contributed by atoms with Gasteiger partial charge in [0.05, 0.1) is 11.6 Å². The summed E-state index contributed by atoms with van der Waals surface area (Å²) in [5, 5.41) is 3.56. The first-order valence-corrected chi connectivity index (χ1v) is 11.3. The van der Waals surface area contributed by atoms with Gasteiger partial charge in [-0.25, -0.2) is 15.0 Å². The molecule has 2 bridgehead atoms. The van der Waals surface area contributed by atoms with E-state index in [0.717, 1.165) is 41.7 Å². The molecule has 0 aromatic carbocycles. The van der Waals surface area contributed by atoms with Crippen molar-refractivity contribution < 1.29 is 4.79 Å². The third-order valence-corrected chi connectivity index (χ3v) is 6.60. The number of hydrogen-bond acceptors (Lipinski definition) is 6. The first-order chi connectivity index (χ1) is 15.1. The lowest BCUT2D eigenvalue weighted by Gasteiger charge is -2.50. The molecule has 3 unspecified atom stereocenters. The van der Waals surface area contributed by atoms with Gasteiger partial charge in [0.1, 0.15) is 11.5 Å². The molecule has 1 saturated carbocycles. The van der Waals surface area contributed by atoms with Gasteiger partial charge < -0.3 is 10.2 Å². The second kappa shape index (κ2) is 8.34. The number of anilines is 1. The van der Waals surface area contributed by atoms with Crippen molar-refractivity contribution in [3.05, 3.63) is 64.8 Å². The van der Waals surface area contributed by atoms with E-state index in [0.29, 0.717) is 23.0 Å². The molecule has 3 fully saturated rings. The summed E-state index contributed by atoms with van der Waals surface area (Å²) in [7, 11) is 0. The predicted octanol–water partition coefficient (Wildman–Crippen LogP) is 4.11. The SMILES string of the molecule is Cc1cnc(C(=O)N2CC3CCC2C(Nc2ccc(Br)cn2)C3)c(-c2ncccn2)c1. The molecule has 1 amide bonds. The molecule has 2 saturated heterocycles. The summed E-state index contributed by atoms with van der Waals surface area (Å²) < 4.78 is 0.945. The summed E-state index contributed by atoms with van der Waals surface area (Å²) in [6, 6.07) is 7.93. The quantitative estimate of drug-likeness (QED) is 0.607. The Labute approximate surface area is 189 Å². The standard InChI is InChI=1S/C23H23BrN6O/c1-14-9-17(22-25-7-2-8-26-22)21(28-11-14)23(31)30-13-15-3-5-19(30)18(10-15)29-20-6-4-16(24)12-27-20/h2,4,6-9,11-12,15,18-19H,3,5,10,13H2,1H3,(H,27,29). The van der Waals surface area contributed by atoms with E-state index >= 15 is 0 Å². The van der Waals surface area contributed by atoms with Crippen molar-refractivity contribution in [1.82, 2.24) is 24.8 Å². The fourth-order valence-electron chi connectivity index (χ4n) is 4.72. The van der Waals surface area contributed by atoms with Gasteiger partial charge >= 0.3 is 0 Å². The van der Waals surface area contributed by atoms with Crippen molar-refractivity contribution in [2.24, 2.45) is 5.92 Å². The van der Waals surface area contributed by atoms with Crippen LogP contribution in [0.1, 0.15) is 35.3 Å². The van der Waals surface area contributed by atoms with Crippen LogP contribution < -0.4 is 5.32 Å². The molecular weight excluding hydrogens is 456 g/mol. The zero-order valence-corrected chi connectivity index (χ0v) is 18.8. The maximum Gasteiger partial charge on any atom is 0.273 e. The van der Waals surface area contributed by atoms with Gasteiger partial charge in [-0.15, -0.1) is 0 Å². The van der Waals surface area contributed by atoms with Crippen LogP contribution in [0.15, 0.2) is 53.5 Å². The van der Waals surface area contributed by atoms with E-state index in [2.05, 4.69) is 41.2 Å². The number of carbonyl (C=O) groups is 1. The zero-order chi connectivity index (χ0) is 21.4. The molecule has 0 radical (unpaired) electrons. The molecule has 2 aliphatic heterocycles. The van der Waals surface area contributed by atoms with Crippen molar-refractivity contribution in [3.8, 4) is 11.4 Å². The molecule has 5 heterocycles. The molecule has 0 spiro atoms. The Bertz CT molecular complexity index is 1090. The van der Waals surface area contributed by atoms with Gasteiger partial charge in [-0.3, -0.25) is 9.78 Å². The lowest BCUT2D eigenvalue weighted by molar-refractivity contribution is 0.0277. The van der Waals surface area contributed by atoms with Crippen molar-refractivity contribution >= 4 is 27.7 Å². The van der Waals surface area contributed by atoms with Gasteiger partial charge in [0.15, 0.2) is 5.82 Å². The monoisotopic (exact) mass is 478 g/mol. The summed E-state index contributed by atoms with van der Waals surface area (Å²) in [5.74, 6) is 1.79. The van der Waals surface area contributed by atoms with E-state index in [1.165, 1.54) is 0 Å². The molecule has 3 aliphatic rings. The lowest BCUT2D eigenvalue weighted by atomic mass is 9.76. The fraction of sp³-hybridized carbons (Fsp3) is 0.348. The van der Waals surface area contributed by atoms with Crippen LogP contribution >= 0.6 is 15.9 Å². The Morgan fingerprint density at radius 3 is 2.71 bits per heavy atom. The number of fused-ring (bicyclic) bond motifs is 3. The number of aryl methyl sites for hydroxylation is 1. The second-order valence-electron chi connectivity index (χ2n) is 8.30. The van der Waals surface area contributed by atoms with Gasteiger partial charge in [0.2, 0.25) is 0 Å². The van der Waals surface area contributed by atoms with E-state index in [1.54, 1.807) is 30.9 Å². The molecule has 8 heteroatoms. The van der Waals surface area contributed by atoms with Gasteiger partial charge in [-0.1, -0.05) is 0 Å². The number of nitrogens with zero attached hydrogens (tertiary/aromatic N) is 5. The summed E-state index contributed by atoms with van der Waals surface area (Å²) in [6.07, 6.45) is 10.1. The summed E-state index contributed by atoms with van der Waals surface area (Å²) in [6.45, 7) is 2.72. The van der Waals surface area contributed by atoms with Crippen molar-refractivity contribution in [2.75, 3.05) is 11.9 Å². The molecule has 3 aromatic heterocycles. The van der Waals surface area contributed by atoms with Crippen LogP contribution in [0.4, 0.5) is 5.82 Å². The van der Waals surface area contributed by atoms with Crippen LogP contribution in [0.5, 0.6) is 0 Å². The highest BCUT2D eigenvalue weighted by Gasteiger charge is 2.44. The van der Waals surface area contributed by atoms with E-state index in [9.17, 15) is 4.79 Å². The van der Waals surface area contributed by atoms with E-state index in [-0.39, 0.29) is 18.0 Å². The minimum atomic E-state index is -0.0487. The van der Waals surface area contributed by atoms with Gasteiger partial charge in [-0.05, 0) is 77.9 Å². The largest absolute Gasteiger partial charge is 0.365 e. The Balaban J connectivity index is 1.44. The van der Waals surface area contributed by atoms with Crippen molar-refractivity contribution in [1.29, 1.82) is 0 Å². The third-order valence-electron chi connectivity index (χ3n) is 6.13. The van der Waals surface area contributed by atoms with E-state index < -0.39 is 0 Å². The molecule has 6 rings (SSSR count). The minimum absolute atomic E-state index is 0.0487. The average Bonchev–Trinajstić information content (AvgIpc) is 2.81. The van der Waals surface area contributed by atoms with Gasteiger partial charge in [0, 0.05) is 41.8 Å². The molecule has 3 atom stereocenters. The normalized spacial score (nSPS) is 22.4. The smallest absolute Gasteiger partial charge is 0.273 e. The summed E-state index contributed by atoms with van der Waals surface area (Å²) >= 11 is 3.43. The van der Waals surface area contributed by atoms with Gasteiger partial charge in [0.25, 0.3) is 5.91 Å². The highest BCUT2D eigenvalue weighted by molar-refractivity contribution is 9.10. The predicted molar refractivity (Wildman–Crippen MR) is 122 cm³/mol. The fourth-order valence-corrected chi connectivity index (χ4v) is 4.95. The maximum absolute atomic E-state index is 13.7. The number of carbonyl (C=O) groups excluding carboxylic acids is 1. The Kier molecular flexibility index (Phi) is 5.40. The van der Waals surface area contributed by atoms with Gasteiger partial charge in [-0.2, -0.15) is 0 Å². The first kappa shape index (κ1) is 20.1. The van der Waals surface area contributed by atoms with Crippen LogP contribution in [0.3, 0.4) is 0 Å². The topological polar surface area (TPSA) is 83.9 Å². The third kappa shape index (κ3) is 4.04. The second-order valence-corrected chi connectivity index (χ2v) is 9.21. The Hall–Kier alpha value is -2.87. The summed E-state index contributed by atoms with van der Waals surface area (Å²) in [4.78, 5) is 33.4. The highest BCUT2D eigenvalue weighted by Crippen LogP contribution is 2.38. The minimum Gasteiger partial charge on any atom is -0.365 e. The molecular formula is C23H23BrN6O. The number of pyridine rings is 2. The van der Waals surface area contributed by atoms with Crippen LogP contribution in [-0.4, -0.2) is 49.4 Å². The van der Waals surface area contributed by atoms with Crippen LogP contribution in [-0.2, 0) is 0 Å². The average molecular weight is 479 g/mol. The number of halogens is 1. The maximum atomic E-state index is 13.7. The molecule has 3 aromatic rings. The zero-order valence-electron chi connectivity index (χ0n) is 17.2. The number of nitrogens with one attached hydrogen (secondary N) is 1. The van der Waals surface area contributed by atoms with Crippen molar-refractivity contribution in [2.45, 2.75) is 38.3 Å². The molecule has 7 nitrogen and oxygen atoms in total. The van der Waals surface area contributed by atoms with E-state index in [1.807, 2.05) is 30.0 Å². The first-order valence-electron chi connectivity index (χ1n) is 10.5. The van der Waals surface area contributed by atoms with E-state index in [4.69, 9.17) is 0 Å². The number of aromatic nitrogens is 4. The number of rotatable bonds is 4. The van der Waals surface area contributed by atoms with Crippen LogP contribution in [0.2, 0.25) is 0 Å². The lowest BCUT2D eigenvalue weighted by Crippen LogP contribution is -2.60. The number of amides is 1. The Morgan fingerprint density at radius 2 is 1.97 bits per heavy atom.